The molecule has 1 heterocycles. The number of carboxylic acids is 1. The van der Waals surface area contributed by atoms with Gasteiger partial charge in [0.15, 0.2) is 0 Å². The fourth-order valence-corrected chi connectivity index (χ4v) is 3.43. The van der Waals surface area contributed by atoms with Crippen LogP contribution in [0.5, 0.6) is 0 Å². The third kappa shape index (κ3) is 7.09. The number of para-hydroxylation sites is 1. The zero-order valence-corrected chi connectivity index (χ0v) is 18.3. The number of amides is 3. The molecule has 174 valence electrons. The maximum Gasteiger partial charge on any atom is 0.326 e. The molecule has 3 unspecified atom stereocenters. The Labute approximate surface area is 186 Å². The number of hydrogen-bond acceptors (Lipinski definition) is 5. The molecule has 0 fully saturated rings. The van der Waals surface area contributed by atoms with Gasteiger partial charge in [-0.3, -0.25) is 14.4 Å². The van der Waals surface area contributed by atoms with Crippen LogP contribution in [-0.4, -0.2) is 51.9 Å². The van der Waals surface area contributed by atoms with Crippen molar-refractivity contribution in [2.75, 3.05) is 0 Å². The van der Waals surface area contributed by atoms with E-state index in [9.17, 15) is 24.3 Å². The molecule has 0 saturated heterocycles. The van der Waals surface area contributed by atoms with Crippen LogP contribution in [0.3, 0.4) is 0 Å². The van der Waals surface area contributed by atoms with Gasteiger partial charge in [-0.1, -0.05) is 32.0 Å². The summed E-state index contributed by atoms with van der Waals surface area (Å²) >= 11 is 0. The Morgan fingerprint density at radius 1 is 1.06 bits per heavy atom. The number of fused-ring (bicyclic) bond motifs is 1. The Morgan fingerprint density at radius 2 is 1.72 bits per heavy atom. The molecule has 0 saturated carbocycles. The van der Waals surface area contributed by atoms with Crippen LogP contribution in [0.15, 0.2) is 30.5 Å². The summed E-state index contributed by atoms with van der Waals surface area (Å²) in [6.45, 7) is 3.66. The molecule has 10 nitrogen and oxygen atoms in total. The van der Waals surface area contributed by atoms with Crippen molar-refractivity contribution in [2.24, 2.45) is 17.4 Å². The fourth-order valence-electron chi connectivity index (χ4n) is 3.43. The summed E-state index contributed by atoms with van der Waals surface area (Å²) in [5.74, 6) is -3.08. The van der Waals surface area contributed by atoms with Gasteiger partial charge in [0.05, 0.1) is 6.04 Å². The maximum absolute atomic E-state index is 12.7. The molecule has 1 aromatic heterocycles. The van der Waals surface area contributed by atoms with Crippen molar-refractivity contribution >= 4 is 34.6 Å². The van der Waals surface area contributed by atoms with Crippen LogP contribution in [-0.2, 0) is 25.6 Å². The second-order valence-electron chi connectivity index (χ2n) is 8.27. The van der Waals surface area contributed by atoms with Crippen molar-refractivity contribution in [1.82, 2.24) is 15.6 Å². The minimum absolute atomic E-state index is 0.0275. The number of benzene rings is 1. The first kappa shape index (κ1) is 24.9. The van der Waals surface area contributed by atoms with Gasteiger partial charge < -0.3 is 32.2 Å². The number of nitrogens with two attached hydrogens (primary N) is 2. The number of carbonyl (C=O) groups excluding carboxylic acids is 3. The molecule has 8 N–H and O–H groups in total. The van der Waals surface area contributed by atoms with E-state index in [-0.39, 0.29) is 31.6 Å². The number of aromatic nitrogens is 1. The van der Waals surface area contributed by atoms with Crippen molar-refractivity contribution in [3.63, 3.8) is 0 Å². The smallest absolute Gasteiger partial charge is 0.326 e. The Balaban J connectivity index is 2.08. The summed E-state index contributed by atoms with van der Waals surface area (Å²) in [5.41, 5.74) is 13.0. The van der Waals surface area contributed by atoms with Gasteiger partial charge in [0.25, 0.3) is 0 Å². The Bertz CT molecular complexity index is 971. The first-order chi connectivity index (χ1) is 15.1. The van der Waals surface area contributed by atoms with Crippen LogP contribution in [0.1, 0.15) is 38.7 Å². The SMILES string of the molecule is CC(C)CC(NC(=O)C(CCC(N)=O)NC(=O)C(N)Cc1c[nH]c2ccccc12)C(=O)O. The van der Waals surface area contributed by atoms with Gasteiger partial charge in [0.1, 0.15) is 12.1 Å². The molecule has 0 radical (unpaired) electrons. The Morgan fingerprint density at radius 3 is 2.34 bits per heavy atom. The third-order valence-electron chi connectivity index (χ3n) is 5.09. The van der Waals surface area contributed by atoms with E-state index in [1.54, 1.807) is 6.20 Å². The highest BCUT2D eigenvalue weighted by Gasteiger charge is 2.28. The average molecular weight is 446 g/mol. The van der Waals surface area contributed by atoms with E-state index in [0.29, 0.717) is 0 Å². The van der Waals surface area contributed by atoms with Gasteiger partial charge in [0.2, 0.25) is 17.7 Å². The highest BCUT2D eigenvalue weighted by molar-refractivity contribution is 5.92. The summed E-state index contributed by atoms with van der Waals surface area (Å²) in [7, 11) is 0. The lowest BCUT2D eigenvalue weighted by Crippen LogP contribution is -2.55. The number of aliphatic carboxylic acids is 1. The first-order valence-electron chi connectivity index (χ1n) is 10.5. The number of primary amides is 1. The second-order valence-corrected chi connectivity index (χ2v) is 8.27. The largest absolute Gasteiger partial charge is 0.480 e. The van der Waals surface area contributed by atoms with Crippen molar-refractivity contribution in [1.29, 1.82) is 0 Å². The monoisotopic (exact) mass is 445 g/mol. The molecule has 1 aromatic carbocycles. The molecular weight excluding hydrogens is 414 g/mol. The summed E-state index contributed by atoms with van der Waals surface area (Å²) in [6.07, 6.45) is 2.00. The number of H-pyrrole nitrogens is 1. The zero-order chi connectivity index (χ0) is 23.8. The van der Waals surface area contributed by atoms with E-state index >= 15 is 0 Å². The Hall–Kier alpha value is -3.40. The lowest BCUT2D eigenvalue weighted by Gasteiger charge is -2.23. The maximum atomic E-state index is 12.7. The number of nitrogens with one attached hydrogen (secondary N) is 3. The van der Waals surface area contributed by atoms with E-state index < -0.39 is 41.8 Å². The Kier molecular flexibility index (Phi) is 8.77. The van der Waals surface area contributed by atoms with Crippen molar-refractivity contribution in [3.8, 4) is 0 Å². The molecule has 0 aliphatic carbocycles. The predicted molar refractivity (Wildman–Crippen MR) is 119 cm³/mol. The molecule has 0 spiro atoms. The van der Waals surface area contributed by atoms with Gasteiger partial charge in [-0.15, -0.1) is 0 Å². The summed E-state index contributed by atoms with van der Waals surface area (Å²) in [4.78, 5) is 51.2. The summed E-state index contributed by atoms with van der Waals surface area (Å²) < 4.78 is 0. The summed E-state index contributed by atoms with van der Waals surface area (Å²) in [5, 5.41) is 15.3. The van der Waals surface area contributed by atoms with Crippen LogP contribution >= 0.6 is 0 Å². The van der Waals surface area contributed by atoms with E-state index in [0.717, 1.165) is 16.5 Å². The molecule has 0 bridgehead atoms. The van der Waals surface area contributed by atoms with Gasteiger partial charge >= 0.3 is 5.97 Å². The molecular formula is C22H31N5O5. The lowest BCUT2D eigenvalue weighted by atomic mass is 10.0. The number of rotatable bonds is 12. The van der Waals surface area contributed by atoms with Crippen LogP contribution in [0.2, 0.25) is 0 Å². The lowest BCUT2D eigenvalue weighted by molar-refractivity contribution is -0.142. The van der Waals surface area contributed by atoms with Crippen molar-refractivity contribution in [2.45, 2.75) is 57.7 Å². The first-order valence-corrected chi connectivity index (χ1v) is 10.5. The molecule has 0 aliphatic rings. The molecule has 10 heteroatoms. The average Bonchev–Trinajstić information content (AvgIpc) is 3.12. The second kappa shape index (κ2) is 11.3. The minimum Gasteiger partial charge on any atom is -0.480 e. The topological polar surface area (TPSA) is 180 Å². The van der Waals surface area contributed by atoms with E-state index in [1.807, 2.05) is 38.1 Å². The van der Waals surface area contributed by atoms with Crippen LogP contribution in [0.25, 0.3) is 10.9 Å². The highest BCUT2D eigenvalue weighted by atomic mass is 16.4. The highest BCUT2D eigenvalue weighted by Crippen LogP contribution is 2.18. The van der Waals surface area contributed by atoms with Crippen LogP contribution in [0.4, 0.5) is 0 Å². The molecule has 3 atom stereocenters. The normalized spacial score (nSPS) is 14.0. The van der Waals surface area contributed by atoms with Gasteiger partial charge in [-0.05, 0) is 36.8 Å². The zero-order valence-electron chi connectivity index (χ0n) is 18.3. The number of carbonyl (C=O) groups is 4. The fraction of sp³-hybridized carbons (Fsp3) is 0.455. The van der Waals surface area contributed by atoms with Crippen molar-refractivity contribution < 1.29 is 24.3 Å². The number of carboxylic acid groups (broad SMARTS) is 1. The van der Waals surface area contributed by atoms with Crippen LogP contribution < -0.4 is 22.1 Å². The number of aromatic amines is 1. The molecule has 2 aromatic rings. The molecule has 0 aliphatic heterocycles. The minimum atomic E-state index is -1.18. The quantitative estimate of drug-likeness (QED) is 0.275. The van der Waals surface area contributed by atoms with Gasteiger partial charge in [-0.25, -0.2) is 4.79 Å². The number of hydrogen-bond donors (Lipinski definition) is 6. The summed E-state index contributed by atoms with van der Waals surface area (Å²) in [6, 6.07) is 4.38. The van der Waals surface area contributed by atoms with Gasteiger partial charge in [-0.2, -0.15) is 0 Å². The third-order valence-corrected chi connectivity index (χ3v) is 5.09. The molecule has 3 amide bonds. The van der Waals surface area contributed by atoms with Gasteiger partial charge in [0, 0.05) is 23.5 Å². The predicted octanol–water partition coefficient (Wildman–Crippen LogP) is 0.404. The van der Waals surface area contributed by atoms with E-state index in [1.165, 1.54) is 0 Å². The van der Waals surface area contributed by atoms with E-state index in [4.69, 9.17) is 11.5 Å². The molecule has 32 heavy (non-hydrogen) atoms. The van der Waals surface area contributed by atoms with E-state index in [2.05, 4.69) is 15.6 Å². The van der Waals surface area contributed by atoms with Crippen molar-refractivity contribution in [3.05, 3.63) is 36.0 Å². The van der Waals surface area contributed by atoms with Crippen LogP contribution in [0, 0.1) is 5.92 Å². The molecule has 2 rings (SSSR count). The standard InChI is InChI=1S/C22H31N5O5/c1-12(2)9-18(22(31)32)27-21(30)17(7-8-19(24)28)26-20(29)15(23)10-13-11-25-16-6-4-3-5-14(13)16/h3-6,11-12,15,17-18,25H,7-10,23H2,1-2H3,(H2,24,28)(H,26,29)(H,27,30)(H,31,32).